The summed E-state index contributed by atoms with van der Waals surface area (Å²) in [6.07, 6.45) is -0.277. The Morgan fingerprint density at radius 3 is 1.32 bits per heavy atom. The molecule has 0 saturated carbocycles. The summed E-state index contributed by atoms with van der Waals surface area (Å²) in [5.41, 5.74) is 4.60. The molecule has 0 fully saturated rings. The van der Waals surface area contributed by atoms with E-state index in [9.17, 15) is 0 Å². The van der Waals surface area contributed by atoms with Crippen LogP contribution in [0.3, 0.4) is 0 Å². The Kier molecular flexibility index (Phi) is 8.06. The molecule has 0 N–H and O–H groups in total. The molecule has 0 radical (unpaired) electrons. The van der Waals surface area contributed by atoms with E-state index in [1.165, 1.54) is 43.0 Å². The Morgan fingerprint density at radius 2 is 0.787 bits per heavy atom. The molecule has 8 aromatic carbocycles. The minimum Gasteiger partial charge on any atom is -0.480 e. The van der Waals surface area contributed by atoms with E-state index < -0.39 is 7.92 Å². The SMILES string of the molecule is c1ccc(C(Oc2ccc3ccccc3c2-c2c(P(c3ccccc3)c3ccccc3)ccc3ccccc23)c2ccccc2)cc1. The standard InChI is InChI=1S/C45H33OP/c1-5-19-35(20-6-1)45(36-21-7-2-8-22-36)46-41-31-29-33-17-13-15-27-39(33)43(41)44-40-28-16-14-18-34(40)30-32-42(44)47(37-23-9-3-10-24-37)38-25-11-4-12-26-38/h1-32,45H. The summed E-state index contributed by atoms with van der Waals surface area (Å²) in [7, 11) is -0.895. The van der Waals surface area contributed by atoms with E-state index in [1.807, 2.05) is 0 Å². The largest absolute Gasteiger partial charge is 0.480 e. The van der Waals surface area contributed by atoms with Crippen molar-refractivity contribution in [3.05, 3.63) is 205 Å². The van der Waals surface area contributed by atoms with Gasteiger partial charge in [-0.3, -0.25) is 0 Å². The van der Waals surface area contributed by atoms with Crippen LogP contribution in [0.1, 0.15) is 17.2 Å². The van der Waals surface area contributed by atoms with Gasteiger partial charge in [0.1, 0.15) is 11.9 Å². The highest BCUT2D eigenvalue weighted by Gasteiger charge is 2.26. The van der Waals surface area contributed by atoms with Gasteiger partial charge in [-0.05, 0) is 62.6 Å². The highest BCUT2D eigenvalue weighted by molar-refractivity contribution is 7.80. The van der Waals surface area contributed by atoms with Crippen LogP contribution in [0.2, 0.25) is 0 Å². The van der Waals surface area contributed by atoms with Crippen LogP contribution < -0.4 is 20.7 Å². The molecule has 0 saturated heterocycles. The van der Waals surface area contributed by atoms with Crippen molar-refractivity contribution in [2.45, 2.75) is 6.10 Å². The van der Waals surface area contributed by atoms with Gasteiger partial charge in [-0.25, -0.2) is 0 Å². The van der Waals surface area contributed by atoms with Gasteiger partial charge in [0.25, 0.3) is 0 Å². The van der Waals surface area contributed by atoms with Crippen molar-refractivity contribution < 1.29 is 4.74 Å². The monoisotopic (exact) mass is 620 g/mol. The highest BCUT2D eigenvalue weighted by Crippen LogP contribution is 2.46. The average Bonchev–Trinajstić information content (AvgIpc) is 3.15. The molecule has 0 atom stereocenters. The molecule has 0 aliphatic rings. The van der Waals surface area contributed by atoms with E-state index >= 15 is 0 Å². The van der Waals surface area contributed by atoms with Crippen molar-refractivity contribution in [2.24, 2.45) is 0 Å². The van der Waals surface area contributed by atoms with Crippen molar-refractivity contribution in [1.82, 2.24) is 0 Å². The van der Waals surface area contributed by atoms with E-state index in [0.29, 0.717) is 0 Å². The van der Waals surface area contributed by atoms with Gasteiger partial charge in [0.2, 0.25) is 0 Å². The fourth-order valence-corrected chi connectivity index (χ4v) is 9.08. The summed E-state index contributed by atoms with van der Waals surface area (Å²) >= 11 is 0. The van der Waals surface area contributed by atoms with Crippen molar-refractivity contribution in [2.75, 3.05) is 0 Å². The zero-order valence-corrected chi connectivity index (χ0v) is 26.8. The summed E-state index contributed by atoms with van der Waals surface area (Å²) in [5.74, 6) is 0.870. The Morgan fingerprint density at radius 1 is 0.362 bits per heavy atom. The first-order chi connectivity index (χ1) is 23.3. The first-order valence-corrected chi connectivity index (χ1v) is 17.4. The second-order valence-electron chi connectivity index (χ2n) is 11.7. The quantitative estimate of drug-likeness (QED) is 0.154. The van der Waals surface area contributed by atoms with Crippen LogP contribution in [0.15, 0.2) is 194 Å². The van der Waals surface area contributed by atoms with Crippen LogP contribution in [0.25, 0.3) is 32.7 Å². The van der Waals surface area contributed by atoms with Gasteiger partial charge >= 0.3 is 0 Å². The molecule has 0 bridgehead atoms. The Balaban J connectivity index is 1.44. The molecule has 0 aliphatic carbocycles. The molecular formula is C45H33OP. The first kappa shape index (κ1) is 28.9. The lowest BCUT2D eigenvalue weighted by Crippen LogP contribution is -2.22. The van der Waals surface area contributed by atoms with Gasteiger partial charge in [0.05, 0.1) is 0 Å². The second kappa shape index (κ2) is 13.1. The van der Waals surface area contributed by atoms with E-state index in [1.54, 1.807) is 0 Å². The molecular weight excluding hydrogens is 587 g/mol. The van der Waals surface area contributed by atoms with Gasteiger partial charge < -0.3 is 4.74 Å². The van der Waals surface area contributed by atoms with E-state index in [4.69, 9.17) is 4.74 Å². The van der Waals surface area contributed by atoms with Gasteiger partial charge in [-0.2, -0.15) is 0 Å². The molecule has 0 heterocycles. The fourth-order valence-electron chi connectivity index (χ4n) is 6.61. The third kappa shape index (κ3) is 5.72. The Bertz CT molecular complexity index is 2190. The van der Waals surface area contributed by atoms with Gasteiger partial charge in [-0.15, -0.1) is 0 Å². The van der Waals surface area contributed by atoms with Crippen molar-refractivity contribution in [3.8, 4) is 16.9 Å². The van der Waals surface area contributed by atoms with Gasteiger partial charge in [0, 0.05) is 11.1 Å². The van der Waals surface area contributed by atoms with Crippen LogP contribution in [-0.2, 0) is 0 Å². The summed E-state index contributed by atoms with van der Waals surface area (Å²) in [6, 6.07) is 69.6. The van der Waals surface area contributed by atoms with Crippen molar-refractivity contribution >= 4 is 45.4 Å². The molecule has 0 unspecified atom stereocenters. The molecule has 1 nitrogen and oxygen atoms in total. The number of fused-ring (bicyclic) bond motifs is 2. The highest BCUT2D eigenvalue weighted by atomic mass is 31.1. The summed E-state index contributed by atoms with van der Waals surface area (Å²) in [6.45, 7) is 0. The number of benzene rings is 8. The third-order valence-electron chi connectivity index (χ3n) is 8.77. The first-order valence-electron chi connectivity index (χ1n) is 16.1. The normalized spacial score (nSPS) is 11.4. The van der Waals surface area contributed by atoms with E-state index in [0.717, 1.165) is 22.4 Å². The zero-order valence-electron chi connectivity index (χ0n) is 25.9. The van der Waals surface area contributed by atoms with Crippen LogP contribution >= 0.6 is 7.92 Å². The van der Waals surface area contributed by atoms with Gasteiger partial charge in [-0.1, -0.05) is 188 Å². The molecule has 2 heteroatoms. The smallest absolute Gasteiger partial charge is 0.149 e. The van der Waals surface area contributed by atoms with Crippen LogP contribution in [0.5, 0.6) is 5.75 Å². The molecule has 0 aromatic heterocycles. The van der Waals surface area contributed by atoms with E-state index in [-0.39, 0.29) is 6.10 Å². The summed E-state index contributed by atoms with van der Waals surface area (Å²) in [5, 5.41) is 8.75. The minimum atomic E-state index is -0.895. The molecule has 8 rings (SSSR count). The predicted molar refractivity (Wildman–Crippen MR) is 201 cm³/mol. The zero-order chi connectivity index (χ0) is 31.4. The number of ether oxygens (including phenoxy) is 1. The molecule has 47 heavy (non-hydrogen) atoms. The minimum absolute atomic E-state index is 0.277. The van der Waals surface area contributed by atoms with Crippen molar-refractivity contribution in [1.29, 1.82) is 0 Å². The third-order valence-corrected chi connectivity index (χ3v) is 11.3. The maximum Gasteiger partial charge on any atom is 0.149 e. The lowest BCUT2D eigenvalue weighted by molar-refractivity contribution is 0.249. The Hall–Kier alpha value is -5.49. The summed E-state index contributed by atoms with van der Waals surface area (Å²) in [4.78, 5) is 0. The maximum atomic E-state index is 7.28. The predicted octanol–water partition coefficient (Wildman–Crippen LogP) is 10.6. The lowest BCUT2D eigenvalue weighted by atomic mass is 9.92. The maximum absolute atomic E-state index is 7.28. The number of rotatable bonds is 8. The number of hydrogen-bond donors (Lipinski definition) is 0. The van der Waals surface area contributed by atoms with Crippen molar-refractivity contribution in [3.63, 3.8) is 0 Å². The van der Waals surface area contributed by atoms with E-state index in [2.05, 4.69) is 194 Å². The number of hydrogen-bond acceptors (Lipinski definition) is 1. The molecule has 0 amide bonds. The average molecular weight is 621 g/mol. The Labute approximate surface area is 277 Å². The lowest BCUT2D eigenvalue weighted by Gasteiger charge is -2.27. The molecule has 8 aromatic rings. The van der Waals surface area contributed by atoms with Gasteiger partial charge in [0.15, 0.2) is 0 Å². The topological polar surface area (TPSA) is 9.23 Å². The summed E-state index contributed by atoms with van der Waals surface area (Å²) < 4.78 is 7.28. The van der Waals surface area contributed by atoms with Crippen LogP contribution in [0, 0.1) is 0 Å². The fraction of sp³-hybridized carbons (Fsp3) is 0.0222. The second-order valence-corrected chi connectivity index (χ2v) is 13.9. The van der Waals surface area contributed by atoms with Crippen LogP contribution in [-0.4, -0.2) is 0 Å². The molecule has 0 spiro atoms. The molecule has 0 aliphatic heterocycles. The van der Waals surface area contributed by atoms with Crippen LogP contribution in [0.4, 0.5) is 0 Å². The molecule has 224 valence electrons.